The standard InChI is InChI=1S/C18H29NO2/c1-13-9-10-15(11-17(13)21-2)16(12-19)18(20)14-7-5-3-4-6-8-14/h9-11,14,16,18,20H,3-8,12,19H2,1-2H3. The van der Waals surface area contributed by atoms with Crippen molar-refractivity contribution in [2.45, 2.75) is 57.5 Å². The van der Waals surface area contributed by atoms with Gasteiger partial charge in [0.1, 0.15) is 5.75 Å². The predicted molar refractivity (Wildman–Crippen MR) is 86.7 cm³/mol. The largest absolute Gasteiger partial charge is 0.496 e. The van der Waals surface area contributed by atoms with Crippen molar-refractivity contribution in [2.75, 3.05) is 13.7 Å². The van der Waals surface area contributed by atoms with E-state index in [1.54, 1.807) is 7.11 Å². The summed E-state index contributed by atoms with van der Waals surface area (Å²) < 4.78 is 5.40. The van der Waals surface area contributed by atoms with Crippen LogP contribution in [0.2, 0.25) is 0 Å². The predicted octanol–water partition coefficient (Wildman–Crippen LogP) is 3.38. The van der Waals surface area contributed by atoms with Crippen molar-refractivity contribution < 1.29 is 9.84 Å². The van der Waals surface area contributed by atoms with Crippen molar-refractivity contribution in [1.82, 2.24) is 0 Å². The number of aliphatic hydroxyl groups excluding tert-OH is 1. The lowest BCUT2D eigenvalue weighted by Gasteiger charge is -2.29. The molecule has 3 heteroatoms. The Hall–Kier alpha value is -1.06. The van der Waals surface area contributed by atoms with Crippen molar-refractivity contribution in [1.29, 1.82) is 0 Å². The summed E-state index contributed by atoms with van der Waals surface area (Å²) in [6.07, 6.45) is 6.97. The molecule has 3 N–H and O–H groups in total. The number of rotatable bonds is 5. The number of hydrogen-bond acceptors (Lipinski definition) is 3. The summed E-state index contributed by atoms with van der Waals surface area (Å²) in [5, 5.41) is 10.8. The molecule has 0 aliphatic heterocycles. The molecular weight excluding hydrogens is 262 g/mol. The van der Waals surface area contributed by atoms with Gasteiger partial charge in [0, 0.05) is 12.5 Å². The molecule has 0 amide bonds. The highest BCUT2D eigenvalue weighted by Gasteiger charge is 2.28. The fraction of sp³-hybridized carbons (Fsp3) is 0.667. The van der Waals surface area contributed by atoms with E-state index in [9.17, 15) is 5.11 Å². The first-order valence-electron chi connectivity index (χ1n) is 8.20. The van der Waals surface area contributed by atoms with E-state index in [1.807, 2.05) is 13.0 Å². The second-order valence-electron chi connectivity index (χ2n) is 6.31. The minimum Gasteiger partial charge on any atom is -0.496 e. The number of aryl methyl sites for hydroxylation is 1. The molecule has 2 atom stereocenters. The lowest BCUT2D eigenvalue weighted by atomic mass is 9.82. The van der Waals surface area contributed by atoms with Crippen LogP contribution in [-0.4, -0.2) is 24.9 Å². The van der Waals surface area contributed by atoms with Gasteiger partial charge in [0.25, 0.3) is 0 Å². The summed E-state index contributed by atoms with van der Waals surface area (Å²) in [6, 6.07) is 6.17. The maximum atomic E-state index is 10.8. The molecule has 0 bridgehead atoms. The zero-order valence-corrected chi connectivity index (χ0v) is 13.3. The van der Waals surface area contributed by atoms with Gasteiger partial charge in [0.15, 0.2) is 0 Å². The Labute approximate surface area is 128 Å². The van der Waals surface area contributed by atoms with Gasteiger partial charge < -0.3 is 15.6 Å². The highest BCUT2D eigenvalue weighted by atomic mass is 16.5. The quantitative estimate of drug-likeness (QED) is 0.818. The molecule has 0 saturated heterocycles. The minimum absolute atomic E-state index is 0.00241. The Balaban J connectivity index is 2.17. The lowest BCUT2D eigenvalue weighted by molar-refractivity contribution is 0.0741. The Morgan fingerprint density at radius 3 is 2.48 bits per heavy atom. The number of ether oxygens (including phenoxy) is 1. The maximum Gasteiger partial charge on any atom is 0.122 e. The van der Waals surface area contributed by atoms with Gasteiger partial charge in [0.2, 0.25) is 0 Å². The SMILES string of the molecule is COc1cc(C(CN)C(O)C2CCCCCC2)ccc1C. The summed E-state index contributed by atoms with van der Waals surface area (Å²) in [4.78, 5) is 0. The number of benzene rings is 1. The molecule has 0 spiro atoms. The molecule has 1 aromatic rings. The minimum atomic E-state index is -0.347. The van der Waals surface area contributed by atoms with Gasteiger partial charge in [-0.25, -0.2) is 0 Å². The van der Waals surface area contributed by atoms with Crippen LogP contribution >= 0.6 is 0 Å². The van der Waals surface area contributed by atoms with E-state index in [0.717, 1.165) is 29.7 Å². The van der Waals surface area contributed by atoms with Crippen molar-refractivity contribution >= 4 is 0 Å². The lowest BCUT2D eigenvalue weighted by Crippen LogP contribution is -2.32. The smallest absolute Gasteiger partial charge is 0.122 e. The molecule has 2 rings (SSSR count). The first-order chi connectivity index (χ1) is 10.2. The summed E-state index contributed by atoms with van der Waals surface area (Å²) in [5.41, 5.74) is 8.19. The first-order valence-corrected chi connectivity index (χ1v) is 8.20. The molecule has 1 aliphatic rings. The fourth-order valence-electron chi connectivity index (χ4n) is 3.52. The average Bonchev–Trinajstić information content (AvgIpc) is 2.78. The fourth-order valence-corrected chi connectivity index (χ4v) is 3.52. The van der Waals surface area contributed by atoms with Crippen LogP contribution in [0.1, 0.15) is 55.6 Å². The van der Waals surface area contributed by atoms with Crippen molar-refractivity contribution in [2.24, 2.45) is 11.7 Å². The van der Waals surface area contributed by atoms with Crippen LogP contribution < -0.4 is 10.5 Å². The van der Waals surface area contributed by atoms with E-state index in [-0.39, 0.29) is 12.0 Å². The Kier molecular flexibility index (Phi) is 6.07. The topological polar surface area (TPSA) is 55.5 Å². The molecule has 2 unspecified atom stereocenters. The zero-order chi connectivity index (χ0) is 15.2. The summed E-state index contributed by atoms with van der Waals surface area (Å²) in [6.45, 7) is 2.51. The number of nitrogens with two attached hydrogens (primary N) is 1. The number of aliphatic hydroxyl groups is 1. The molecule has 118 valence electrons. The van der Waals surface area contributed by atoms with E-state index in [1.165, 1.54) is 25.7 Å². The highest BCUT2D eigenvalue weighted by Crippen LogP contribution is 2.34. The van der Waals surface area contributed by atoms with Crippen molar-refractivity contribution in [3.63, 3.8) is 0 Å². The molecular formula is C18H29NO2. The second kappa shape index (κ2) is 7.81. The highest BCUT2D eigenvalue weighted by molar-refractivity contribution is 5.38. The molecule has 0 heterocycles. The molecule has 3 nitrogen and oxygen atoms in total. The molecule has 0 radical (unpaired) electrons. The van der Waals surface area contributed by atoms with Gasteiger partial charge in [-0.15, -0.1) is 0 Å². The van der Waals surface area contributed by atoms with Crippen LogP contribution in [0, 0.1) is 12.8 Å². The second-order valence-corrected chi connectivity index (χ2v) is 6.31. The van der Waals surface area contributed by atoms with Gasteiger partial charge in [0.05, 0.1) is 13.2 Å². The van der Waals surface area contributed by atoms with E-state index < -0.39 is 0 Å². The molecule has 1 saturated carbocycles. The van der Waals surface area contributed by atoms with Crippen LogP contribution in [0.25, 0.3) is 0 Å². The van der Waals surface area contributed by atoms with Crippen LogP contribution in [0.15, 0.2) is 18.2 Å². The average molecular weight is 291 g/mol. The molecule has 21 heavy (non-hydrogen) atoms. The monoisotopic (exact) mass is 291 g/mol. The van der Waals surface area contributed by atoms with Gasteiger partial charge >= 0.3 is 0 Å². The van der Waals surface area contributed by atoms with Crippen LogP contribution in [-0.2, 0) is 0 Å². The van der Waals surface area contributed by atoms with Gasteiger partial charge in [-0.05, 0) is 42.9 Å². The summed E-state index contributed by atoms with van der Waals surface area (Å²) in [7, 11) is 1.69. The number of hydrogen-bond donors (Lipinski definition) is 2. The number of methoxy groups -OCH3 is 1. The third kappa shape index (κ3) is 3.98. The van der Waals surface area contributed by atoms with Gasteiger partial charge in [-0.3, -0.25) is 0 Å². The molecule has 0 aromatic heterocycles. The first kappa shape index (κ1) is 16.3. The maximum absolute atomic E-state index is 10.8. The Bertz CT molecular complexity index is 439. The third-order valence-corrected chi connectivity index (χ3v) is 4.91. The van der Waals surface area contributed by atoms with Gasteiger partial charge in [-0.2, -0.15) is 0 Å². The third-order valence-electron chi connectivity index (χ3n) is 4.91. The molecule has 1 fully saturated rings. The summed E-state index contributed by atoms with van der Waals surface area (Å²) in [5.74, 6) is 1.26. The van der Waals surface area contributed by atoms with Crippen LogP contribution in [0.4, 0.5) is 0 Å². The van der Waals surface area contributed by atoms with E-state index in [2.05, 4.69) is 12.1 Å². The molecule has 1 aliphatic carbocycles. The van der Waals surface area contributed by atoms with Crippen LogP contribution in [0.3, 0.4) is 0 Å². The van der Waals surface area contributed by atoms with E-state index in [0.29, 0.717) is 12.5 Å². The normalized spacial score (nSPS) is 19.8. The van der Waals surface area contributed by atoms with Crippen LogP contribution in [0.5, 0.6) is 5.75 Å². The zero-order valence-electron chi connectivity index (χ0n) is 13.3. The Morgan fingerprint density at radius 2 is 1.90 bits per heavy atom. The van der Waals surface area contributed by atoms with E-state index in [4.69, 9.17) is 10.5 Å². The van der Waals surface area contributed by atoms with E-state index >= 15 is 0 Å². The van der Waals surface area contributed by atoms with Crippen molar-refractivity contribution in [3.05, 3.63) is 29.3 Å². The summed E-state index contributed by atoms with van der Waals surface area (Å²) >= 11 is 0. The molecule has 1 aromatic carbocycles. The van der Waals surface area contributed by atoms with Crippen molar-refractivity contribution in [3.8, 4) is 5.75 Å². The Morgan fingerprint density at radius 1 is 1.24 bits per heavy atom. The van der Waals surface area contributed by atoms with Gasteiger partial charge in [-0.1, -0.05) is 37.8 Å².